The summed E-state index contributed by atoms with van der Waals surface area (Å²) in [5.41, 5.74) is 1.17. The van der Waals surface area contributed by atoms with Crippen LogP contribution in [0.4, 0.5) is 0 Å². The lowest BCUT2D eigenvalue weighted by atomic mass is 10.2. The van der Waals surface area contributed by atoms with Gasteiger partial charge in [-0.2, -0.15) is 0 Å². The third-order valence-corrected chi connectivity index (χ3v) is 3.75. The number of benzene rings is 1. The van der Waals surface area contributed by atoms with Crippen LogP contribution in [0.1, 0.15) is 18.4 Å². The van der Waals surface area contributed by atoms with E-state index in [-0.39, 0.29) is 11.9 Å². The van der Waals surface area contributed by atoms with Crippen molar-refractivity contribution in [3.63, 3.8) is 0 Å². The predicted molar refractivity (Wildman–Crippen MR) is 79.5 cm³/mol. The molecule has 114 valence electrons. The van der Waals surface area contributed by atoms with E-state index in [0.29, 0.717) is 26.1 Å². The van der Waals surface area contributed by atoms with Crippen LogP contribution < -0.4 is 0 Å². The second-order valence-corrected chi connectivity index (χ2v) is 5.43. The van der Waals surface area contributed by atoms with Crippen molar-refractivity contribution in [3.05, 3.63) is 35.9 Å². The summed E-state index contributed by atoms with van der Waals surface area (Å²) in [4.78, 5) is 27.6. The van der Waals surface area contributed by atoms with Crippen LogP contribution in [0.25, 0.3) is 0 Å². The van der Waals surface area contributed by atoms with Crippen molar-refractivity contribution in [2.75, 3.05) is 27.2 Å². The van der Waals surface area contributed by atoms with E-state index < -0.39 is 6.04 Å². The largest absolute Gasteiger partial charge is 0.467 e. The Hall–Kier alpha value is -1.88. The van der Waals surface area contributed by atoms with Gasteiger partial charge in [-0.25, -0.2) is 4.79 Å². The highest BCUT2D eigenvalue weighted by molar-refractivity contribution is 5.86. The van der Waals surface area contributed by atoms with Crippen molar-refractivity contribution in [1.29, 1.82) is 0 Å². The summed E-state index contributed by atoms with van der Waals surface area (Å²) in [6, 6.07) is 9.60. The first-order valence-electron chi connectivity index (χ1n) is 7.21. The quantitative estimate of drug-likeness (QED) is 0.767. The minimum Gasteiger partial charge on any atom is -0.467 e. The van der Waals surface area contributed by atoms with Gasteiger partial charge in [0.1, 0.15) is 6.04 Å². The molecule has 0 saturated carbocycles. The highest BCUT2D eigenvalue weighted by Crippen LogP contribution is 2.18. The van der Waals surface area contributed by atoms with E-state index in [1.165, 1.54) is 12.7 Å². The number of carbonyl (C=O) groups excluding carboxylic acids is 2. The Balaban J connectivity index is 1.90. The maximum atomic E-state index is 12.4. The van der Waals surface area contributed by atoms with E-state index in [9.17, 15) is 9.59 Å². The Bertz CT molecular complexity index is 490. The zero-order valence-electron chi connectivity index (χ0n) is 12.6. The lowest BCUT2D eigenvalue weighted by Crippen LogP contribution is -2.45. The summed E-state index contributed by atoms with van der Waals surface area (Å²) in [5, 5.41) is 0. The summed E-state index contributed by atoms with van der Waals surface area (Å²) in [6.45, 7) is 1.66. The van der Waals surface area contributed by atoms with Crippen molar-refractivity contribution in [2.24, 2.45) is 0 Å². The molecule has 1 heterocycles. The fraction of sp³-hybridized carbons (Fsp3) is 0.500. The lowest BCUT2D eigenvalue weighted by molar-refractivity contribution is -0.151. The van der Waals surface area contributed by atoms with Crippen LogP contribution in [-0.4, -0.2) is 55.0 Å². The van der Waals surface area contributed by atoms with Gasteiger partial charge in [0.2, 0.25) is 5.91 Å². The molecule has 0 bridgehead atoms. The second-order valence-electron chi connectivity index (χ2n) is 5.43. The van der Waals surface area contributed by atoms with Crippen LogP contribution in [0, 0.1) is 0 Å². The summed E-state index contributed by atoms with van der Waals surface area (Å²) in [7, 11) is 3.28. The molecular formula is C16H22N2O3. The van der Waals surface area contributed by atoms with E-state index in [1.54, 1.807) is 4.90 Å². The molecule has 5 heteroatoms. The number of esters is 1. The van der Waals surface area contributed by atoms with Gasteiger partial charge in [0.15, 0.2) is 0 Å². The van der Waals surface area contributed by atoms with E-state index in [4.69, 9.17) is 4.74 Å². The van der Waals surface area contributed by atoms with Gasteiger partial charge in [0, 0.05) is 13.1 Å². The number of hydrogen-bond donors (Lipinski definition) is 0. The van der Waals surface area contributed by atoms with Crippen LogP contribution in [0.3, 0.4) is 0 Å². The Labute approximate surface area is 125 Å². The normalized spacial score (nSPS) is 18.0. The van der Waals surface area contributed by atoms with Gasteiger partial charge in [-0.15, -0.1) is 0 Å². The highest BCUT2D eigenvalue weighted by atomic mass is 16.5. The zero-order chi connectivity index (χ0) is 15.2. The Kier molecular flexibility index (Phi) is 5.33. The number of likely N-dealkylation sites (tertiary alicyclic amines) is 1. The standard InChI is InChI=1S/C16H22N2O3/c1-17(11-13-7-4-3-5-8-13)12-15(19)18-10-6-9-14(18)16(20)21-2/h3-5,7-8,14H,6,9-12H2,1-2H3/t14-/m0/s1. The van der Waals surface area contributed by atoms with Crippen LogP contribution in [0.15, 0.2) is 30.3 Å². The van der Waals surface area contributed by atoms with Crippen molar-refractivity contribution in [1.82, 2.24) is 9.80 Å². The molecule has 1 aliphatic heterocycles. The Morgan fingerprint density at radius 2 is 2.05 bits per heavy atom. The maximum absolute atomic E-state index is 12.4. The van der Waals surface area contributed by atoms with Gasteiger partial charge in [-0.05, 0) is 25.5 Å². The SMILES string of the molecule is COC(=O)[C@@H]1CCCN1C(=O)CN(C)Cc1ccccc1. The number of hydrogen-bond acceptors (Lipinski definition) is 4. The van der Waals surface area contributed by atoms with Crippen LogP contribution in [-0.2, 0) is 20.9 Å². The fourth-order valence-corrected chi connectivity index (χ4v) is 2.72. The molecule has 0 spiro atoms. The predicted octanol–water partition coefficient (Wildman–Crippen LogP) is 1.28. The van der Waals surface area contributed by atoms with Gasteiger partial charge in [-0.3, -0.25) is 9.69 Å². The molecule has 1 amide bonds. The molecule has 21 heavy (non-hydrogen) atoms. The molecule has 1 aromatic rings. The first-order chi connectivity index (χ1) is 10.1. The average molecular weight is 290 g/mol. The van der Waals surface area contributed by atoms with Gasteiger partial charge >= 0.3 is 5.97 Å². The molecule has 2 rings (SSSR count). The highest BCUT2D eigenvalue weighted by Gasteiger charge is 2.34. The van der Waals surface area contributed by atoms with Gasteiger partial charge < -0.3 is 9.64 Å². The molecular weight excluding hydrogens is 268 g/mol. The molecule has 5 nitrogen and oxygen atoms in total. The second kappa shape index (κ2) is 7.22. The topological polar surface area (TPSA) is 49.9 Å². The Morgan fingerprint density at radius 1 is 1.33 bits per heavy atom. The summed E-state index contributed by atoms with van der Waals surface area (Å²) in [5.74, 6) is -0.326. The third-order valence-electron chi connectivity index (χ3n) is 3.75. The van der Waals surface area contributed by atoms with Crippen molar-refractivity contribution < 1.29 is 14.3 Å². The van der Waals surface area contributed by atoms with E-state index in [0.717, 1.165) is 6.42 Å². The van der Waals surface area contributed by atoms with Crippen LogP contribution in [0.5, 0.6) is 0 Å². The Morgan fingerprint density at radius 3 is 2.71 bits per heavy atom. The van der Waals surface area contributed by atoms with E-state index in [2.05, 4.69) is 0 Å². The smallest absolute Gasteiger partial charge is 0.328 e. The zero-order valence-corrected chi connectivity index (χ0v) is 12.6. The summed E-state index contributed by atoms with van der Waals surface area (Å²) >= 11 is 0. The van der Waals surface area contributed by atoms with Gasteiger partial charge in [0.25, 0.3) is 0 Å². The minimum atomic E-state index is -0.410. The molecule has 1 atom stereocenters. The van der Waals surface area contributed by atoms with Crippen LogP contribution in [0.2, 0.25) is 0 Å². The van der Waals surface area contributed by atoms with Crippen LogP contribution >= 0.6 is 0 Å². The van der Waals surface area contributed by atoms with E-state index >= 15 is 0 Å². The number of rotatable bonds is 5. The van der Waals surface area contributed by atoms with Crippen molar-refractivity contribution >= 4 is 11.9 Å². The number of amides is 1. The number of ether oxygens (including phenoxy) is 1. The fourth-order valence-electron chi connectivity index (χ4n) is 2.72. The summed E-state index contributed by atoms with van der Waals surface area (Å²) in [6.07, 6.45) is 1.55. The molecule has 1 aliphatic rings. The first kappa shape index (κ1) is 15.5. The van der Waals surface area contributed by atoms with E-state index in [1.807, 2.05) is 42.3 Å². The molecule has 1 aromatic carbocycles. The molecule has 0 N–H and O–H groups in total. The van der Waals surface area contributed by atoms with Crippen molar-refractivity contribution in [2.45, 2.75) is 25.4 Å². The van der Waals surface area contributed by atoms with Crippen molar-refractivity contribution in [3.8, 4) is 0 Å². The minimum absolute atomic E-state index is 0.0127. The molecule has 0 aliphatic carbocycles. The maximum Gasteiger partial charge on any atom is 0.328 e. The number of nitrogens with zero attached hydrogens (tertiary/aromatic N) is 2. The number of likely N-dealkylation sites (N-methyl/N-ethyl adjacent to an activating group) is 1. The molecule has 0 unspecified atom stereocenters. The number of carbonyl (C=O) groups is 2. The van der Waals surface area contributed by atoms with Gasteiger partial charge in [0.05, 0.1) is 13.7 Å². The first-order valence-corrected chi connectivity index (χ1v) is 7.21. The molecule has 1 saturated heterocycles. The molecule has 0 aromatic heterocycles. The summed E-state index contributed by atoms with van der Waals surface area (Å²) < 4.78 is 4.77. The monoisotopic (exact) mass is 290 g/mol. The third kappa shape index (κ3) is 4.04. The van der Waals surface area contributed by atoms with Gasteiger partial charge in [-0.1, -0.05) is 30.3 Å². The lowest BCUT2D eigenvalue weighted by Gasteiger charge is -2.25. The molecule has 0 radical (unpaired) electrons. The number of methoxy groups -OCH3 is 1. The molecule has 1 fully saturated rings. The average Bonchev–Trinajstić information content (AvgIpc) is 2.96.